The minimum absolute atomic E-state index is 0.303. The summed E-state index contributed by atoms with van der Waals surface area (Å²) in [5, 5.41) is 14.3. The Morgan fingerprint density at radius 2 is 2.05 bits per heavy atom. The van der Waals surface area contributed by atoms with E-state index in [9.17, 15) is 0 Å². The average Bonchev–Trinajstić information content (AvgIpc) is 3.16. The predicted octanol–water partition coefficient (Wildman–Crippen LogP) is 3.81. The molecule has 0 aliphatic rings. The lowest BCUT2D eigenvalue weighted by Crippen LogP contribution is -1.99. The van der Waals surface area contributed by atoms with Gasteiger partial charge in [-0.3, -0.25) is 0 Å². The molecular formula is C16H13N3OS. The van der Waals surface area contributed by atoms with Gasteiger partial charge in [-0.2, -0.15) is 5.26 Å². The number of nitriles is 1. The fraction of sp³-hybridized carbons (Fsp3) is 0.125. The molecule has 3 aromatic rings. The van der Waals surface area contributed by atoms with E-state index in [-0.39, 0.29) is 0 Å². The van der Waals surface area contributed by atoms with Crippen LogP contribution in [0.4, 0.5) is 5.88 Å². The summed E-state index contributed by atoms with van der Waals surface area (Å²) in [7, 11) is 0. The van der Waals surface area contributed by atoms with Crippen molar-refractivity contribution < 1.29 is 4.42 Å². The number of nitrogens with one attached hydrogen (secondary N) is 1. The highest BCUT2D eigenvalue weighted by Crippen LogP contribution is 2.21. The van der Waals surface area contributed by atoms with Gasteiger partial charge in [0.15, 0.2) is 0 Å². The lowest BCUT2D eigenvalue weighted by atomic mass is 10.2. The van der Waals surface area contributed by atoms with Crippen molar-refractivity contribution in [3.05, 3.63) is 69.9 Å². The van der Waals surface area contributed by atoms with Crippen molar-refractivity contribution >= 4 is 17.2 Å². The van der Waals surface area contributed by atoms with Crippen LogP contribution in [-0.4, -0.2) is 4.98 Å². The molecule has 21 heavy (non-hydrogen) atoms. The van der Waals surface area contributed by atoms with Crippen molar-refractivity contribution in [3.63, 3.8) is 0 Å². The van der Waals surface area contributed by atoms with Crippen molar-refractivity contribution in [2.24, 2.45) is 0 Å². The largest absolute Gasteiger partial charge is 0.423 e. The number of hydrogen-bond acceptors (Lipinski definition) is 5. The highest BCUT2D eigenvalue weighted by molar-refractivity contribution is 7.09. The third-order valence-corrected chi connectivity index (χ3v) is 3.86. The maximum absolute atomic E-state index is 9.15. The molecule has 0 saturated carbocycles. The van der Waals surface area contributed by atoms with Gasteiger partial charge in [0, 0.05) is 11.4 Å². The highest BCUT2D eigenvalue weighted by Gasteiger charge is 2.13. The Hall–Kier alpha value is -2.58. The number of aromatic nitrogens is 1. The third kappa shape index (κ3) is 3.30. The maximum atomic E-state index is 9.15. The molecule has 0 aliphatic carbocycles. The molecular weight excluding hydrogens is 282 g/mol. The van der Waals surface area contributed by atoms with Gasteiger partial charge in [0.25, 0.3) is 0 Å². The van der Waals surface area contributed by atoms with Crippen molar-refractivity contribution in [2.45, 2.75) is 13.0 Å². The quantitative estimate of drug-likeness (QED) is 0.777. The lowest BCUT2D eigenvalue weighted by Gasteiger charge is -2.02. The van der Waals surface area contributed by atoms with Crippen LogP contribution < -0.4 is 5.32 Å². The second-order valence-electron chi connectivity index (χ2n) is 4.49. The first-order valence-electron chi connectivity index (χ1n) is 6.55. The zero-order chi connectivity index (χ0) is 14.5. The molecule has 1 N–H and O–H groups in total. The molecule has 1 aromatic carbocycles. The van der Waals surface area contributed by atoms with E-state index in [2.05, 4.69) is 16.4 Å². The molecule has 0 radical (unpaired) electrons. The minimum Gasteiger partial charge on any atom is -0.423 e. The van der Waals surface area contributed by atoms with Crippen LogP contribution in [0.15, 0.2) is 52.3 Å². The molecule has 5 heteroatoms. The highest BCUT2D eigenvalue weighted by atomic mass is 32.1. The Kier molecular flexibility index (Phi) is 3.99. The summed E-state index contributed by atoms with van der Waals surface area (Å²) in [4.78, 5) is 5.39. The molecule has 2 aromatic heterocycles. The molecule has 0 fully saturated rings. The Bertz CT molecular complexity index is 742. The topological polar surface area (TPSA) is 61.9 Å². The Morgan fingerprint density at radius 3 is 2.76 bits per heavy atom. The van der Waals surface area contributed by atoms with Crippen LogP contribution in [0.3, 0.4) is 0 Å². The lowest BCUT2D eigenvalue weighted by molar-refractivity contribution is 0.518. The van der Waals surface area contributed by atoms with E-state index in [1.807, 2.05) is 47.8 Å². The predicted molar refractivity (Wildman–Crippen MR) is 82.1 cm³/mol. The van der Waals surface area contributed by atoms with Crippen LogP contribution in [0, 0.1) is 11.3 Å². The number of anilines is 1. The van der Waals surface area contributed by atoms with Crippen LogP contribution in [0.1, 0.15) is 22.0 Å². The molecule has 0 amide bonds. The van der Waals surface area contributed by atoms with Crippen LogP contribution in [-0.2, 0) is 13.0 Å². The van der Waals surface area contributed by atoms with Crippen molar-refractivity contribution in [1.82, 2.24) is 4.98 Å². The second-order valence-corrected chi connectivity index (χ2v) is 5.52. The minimum atomic E-state index is 0.303. The Labute approximate surface area is 126 Å². The molecule has 0 saturated heterocycles. The van der Waals surface area contributed by atoms with Crippen LogP contribution in [0.25, 0.3) is 0 Å². The van der Waals surface area contributed by atoms with Gasteiger partial charge in [-0.05, 0) is 17.0 Å². The average molecular weight is 295 g/mol. The molecule has 0 bridgehead atoms. The molecule has 4 nitrogen and oxygen atoms in total. The molecule has 0 spiro atoms. The Morgan fingerprint density at radius 1 is 1.19 bits per heavy atom. The van der Waals surface area contributed by atoms with Crippen molar-refractivity contribution in [3.8, 4) is 6.07 Å². The van der Waals surface area contributed by atoms with Crippen molar-refractivity contribution in [1.29, 1.82) is 5.26 Å². The summed E-state index contributed by atoms with van der Waals surface area (Å²) < 4.78 is 5.66. The van der Waals surface area contributed by atoms with Crippen LogP contribution in [0.5, 0.6) is 0 Å². The zero-order valence-electron chi connectivity index (χ0n) is 11.2. The number of nitrogens with zero attached hydrogens (tertiary/aromatic N) is 2. The monoisotopic (exact) mass is 295 g/mol. The first-order chi connectivity index (χ1) is 10.3. The smallest absolute Gasteiger partial charge is 0.232 e. The SMILES string of the molecule is N#Cc1nc(Cc2cccs2)oc1NCc1ccccc1. The van der Waals surface area contributed by atoms with Gasteiger partial charge in [-0.1, -0.05) is 36.4 Å². The van der Waals surface area contributed by atoms with E-state index in [1.165, 1.54) is 0 Å². The van der Waals surface area contributed by atoms with E-state index < -0.39 is 0 Å². The van der Waals surface area contributed by atoms with E-state index >= 15 is 0 Å². The molecule has 0 atom stereocenters. The number of benzene rings is 1. The number of oxazole rings is 1. The van der Waals surface area contributed by atoms with E-state index in [4.69, 9.17) is 9.68 Å². The number of hydrogen-bond donors (Lipinski definition) is 1. The fourth-order valence-electron chi connectivity index (χ4n) is 1.98. The van der Waals surface area contributed by atoms with Crippen molar-refractivity contribution in [2.75, 3.05) is 5.32 Å². The maximum Gasteiger partial charge on any atom is 0.232 e. The van der Waals surface area contributed by atoms with Gasteiger partial charge in [-0.15, -0.1) is 11.3 Å². The summed E-state index contributed by atoms with van der Waals surface area (Å²) in [5.74, 6) is 0.998. The molecule has 3 rings (SSSR count). The molecule has 0 unspecified atom stereocenters. The summed E-state index contributed by atoms with van der Waals surface area (Å²) in [5.41, 5.74) is 1.43. The van der Waals surface area contributed by atoms with Gasteiger partial charge in [0.05, 0.1) is 6.42 Å². The molecule has 0 aliphatic heterocycles. The van der Waals surface area contributed by atoms with E-state index in [0.717, 1.165) is 10.4 Å². The Balaban J connectivity index is 1.72. The summed E-state index contributed by atoms with van der Waals surface area (Å²) in [6.45, 7) is 0.600. The fourth-order valence-corrected chi connectivity index (χ4v) is 2.67. The van der Waals surface area contributed by atoms with Crippen LogP contribution in [0.2, 0.25) is 0 Å². The first-order valence-corrected chi connectivity index (χ1v) is 7.43. The molecule has 104 valence electrons. The van der Waals surface area contributed by atoms with Crippen LogP contribution >= 0.6 is 11.3 Å². The summed E-state index contributed by atoms with van der Waals surface area (Å²) in [6.07, 6.45) is 0.610. The summed E-state index contributed by atoms with van der Waals surface area (Å²) in [6, 6.07) is 16.0. The van der Waals surface area contributed by atoms with E-state index in [0.29, 0.717) is 30.4 Å². The van der Waals surface area contributed by atoms with Gasteiger partial charge >= 0.3 is 0 Å². The summed E-state index contributed by atoms with van der Waals surface area (Å²) >= 11 is 1.65. The first kappa shape index (κ1) is 13.4. The second kappa shape index (κ2) is 6.25. The van der Waals surface area contributed by atoms with E-state index in [1.54, 1.807) is 11.3 Å². The third-order valence-electron chi connectivity index (χ3n) is 2.98. The van der Waals surface area contributed by atoms with Gasteiger partial charge in [0.1, 0.15) is 6.07 Å². The van der Waals surface area contributed by atoms with Gasteiger partial charge in [0.2, 0.25) is 17.5 Å². The number of rotatable bonds is 5. The normalized spacial score (nSPS) is 10.2. The van der Waals surface area contributed by atoms with Gasteiger partial charge in [-0.25, -0.2) is 4.98 Å². The van der Waals surface area contributed by atoms with Gasteiger partial charge < -0.3 is 9.73 Å². The number of thiophene rings is 1. The standard InChI is InChI=1S/C16H13N3OS/c17-10-14-16(18-11-12-5-2-1-3-6-12)20-15(19-14)9-13-7-4-8-21-13/h1-8,18H,9,11H2. The molecule has 2 heterocycles. The zero-order valence-corrected chi connectivity index (χ0v) is 12.1.